The minimum absolute atomic E-state index is 0.00491. The third kappa shape index (κ3) is 3.75. The van der Waals surface area contributed by atoms with Gasteiger partial charge in [-0.2, -0.15) is 10.5 Å². The average Bonchev–Trinajstić information content (AvgIpc) is 3.54. The first-order chi connectivity index (χ1) is 18.7. The van der Waals surface area contributed by atoms with Crippen LogP contribution in [-0.4, -0.2) is 50.0 Å². The van der Waals surface area contributed by atoms with Crippen LogP contribution >= 0.6 is 0 Å². The first-order valence-electron chi connectivity index (χ1n) is 12.0. The molecule has 2 aliphatic heterocycles. The van der Waals surface area contributed by atoms with Gasteiger partial charge in [0.1, 0.15) is 11.8 Å². The molecule has 10 nitrogen and oxygen atoms in total. The monoisotopic (exact) mass is 542 g/mol. The Morgan fingerprint density at radius 2 is 1.69 bits per heavy atom. The van der Waals surface area contributed by atoms with E-state index in [0.717, 1.165) is 0 Å². The molecule has 1 fully saturated rings. The highest BCUT2D eigenvalue weighted by Gasteiger charge is 2.63. The number of carbonyl (C=O) groups is 2. The Morgan fingerprint density at radius 3 is 2.33 bits per heavy atom. The van der Waals surface area contributed by atoms with Gasteiger partial charge in [-0.15, -0.1) is 0 Å². The van der Waals surface area contributed by atoms with Crippen LogP contribution in [0.5, 0.6) is 5.75 Å². The number of aliphatic carboxylic acids is 1. The van der Waals surface area contributed by atoms with Gasteiger partial charge in [0.05, 0.1) is 41.0 Å². The quantitative estimate of drug-likeness (QED) is 0.495. The molecule has 3 aromatic carbocycles. The first-order valence-corrected chi connectivity index (χ1v) is 13.4. The lowest BCUT2D eigenvalue weighted by molar-refractivity contribution is -0.145. The topological polar surface area (TPSA) is 152 Å². The van der Waals surface area contributed by atoms with Crippen LogP contribution in [0, 0.1) is 22.7 Å². The fourth-order valence-electron chi connectivity index (χ4n) is 5.55. The van der Waals surface area contributed by atoms with Gasteiger partial charge in [-0.05, 0) is 61.4 Å². The molecule has 1 unspecified atom stereocenters. The lowest BCUT2D eigenvalue weighted by Crippen LogP contribution is -2.58. The third-order valence-electron chi connectivity index (χ3n) is 7.22. The van der Waals surface area contributed by atoms with Crippen LogP contribution in [-0.2, 0) is 25.2 Å². The summed E-state index contributed by atoms with van der Waals surface area (Å²) in [6.45, 7) is 0.182. The van der Waals surface area contributed by atoms with Crippen molar-refractivity contribution in [3.63, 3.8) is 0 Å². The van der Waals surface area contributed by atoms with E-state index < -0.39 is 33.5 Å². The number of carboxylic acids is 1. The van der Waals surface area contributed by atoms with E-state index in [9.17, 15) is 28.4 Å². The van der Waals surface area contributed by atoms with Crippen molar-refractivity contribution < 1.29 is 27.9 Å². The molecule has 0 aromatic heterocycles. The van der Waals surface area contributed by atoms with E-state index in [4.69, 9.17) is 10.00 Å². The number of carboxylic acid groups (broad SMARTS) is 1. The number of hydrogen-bond acceptors (Lipinski definition) is 8. The summed E-state index contributed by atoms with van der Waals surface area (Å²) >= 11 is 0. The van der Waals surface area contributed by atoms with Crippen molar-refractivity contribution in [1.29, 1.82) is 10.5 Å². The van der Waals surface area contributed by atoms with Crippen molar-refractivity contribution in [2.75, 3.05) is 18.0 Å². The molecule has 0 bridgehead atoms. The molecule has 0 radical (unpaired) electrons. The summed E-state index contributed by atoms with van der Waals surface area (Å²) in [7, 11) is -3.13. The van der Waals surface area contributed by atoms with Gasteiger partial charge in [0.15, 0.2) is 5.54 Å². The maximum Gasteiger partial charge on any atom is 0.320 e. The fourth-order valence-corrected chi connectivity index (χ4v) is 7.01. The molecule has 5 rings (SSSR count). The second kappa shape index (κ2) is 9.55. The second-order valence-corrected chi connectivity index (χ2v) is 10.9. The minimum Gasteiger partial charge on any atom is -0.496 e. The summed E-state index contributed by atoms with van der Waals surface area (Å²) in [5.74, 6) is -1.80. The Morgan fingerprint density at radius 1 is 1.03 bits per heavy atom. The molecule has 1 saturated heterocycles. The van der Waals surface area contributed by atoms with Crippen LogP contribution in [0.4, 0.5) is 5.69 Å². The smallest absolute Gasteiger partial charge is 0.320 e. The summed E-state index contributed by atoms with van der Waals surface area (Å²) in [5.41, 5.74) is -1.07. The number of carbonyl (C=O) groups excluding carboxylic acids is 1. The maximum absolute atomic E-state index is 14.8. The Bertz CT molecular complexity index is 1690. The largest absolute Gasteiger partial charge is 0.496 e. The number of benzene rings is 3. The van der Waals surface area contributed by atoms with E-state index in [1.54, 1.807) is 24.3 Å². The number of hydrogen-bond donors (Lipinski definition) is 1. The van der Waals surface area contributed by atoms with E-state index in [0.29, 0.717) is 10.7 Å². The molecule has 0 saturated carbocycles. The van der Waals surface area contributed by atoms with Crippen LogP contribution in [0.2, 0.25) is 0 Å². The summed E-state index contributed by atoms with van der Waals surface area (Å²) < 4.78 is 34.4. The minimum atomic E-state index is -4.54. The molecule has 196 valence electrons. The van der Waals surface area contributed by atoms with E-state index in [1.807, 2.05) is 12.1 Å². The van der Waals surface area contributed by atoms with E-state index in [1.165, 1.54) is 54.5 Å². The number of nitriles is 2. The molecule has 0 aliphatic carbocycles. The summed E-state index contributed by atoms with van der Waals surface area (Å²) in [6, 6.07) is 18.8. The molecule has 1 N–H and O–H groups in total. The number of likely N-dealkylation sites (tertiary alicyclic amines) is 1. The first kappa shape index (κ1) is 25.9. The standard InChI is InChI=1S/C28H22N4O6S/c1-38-25-7-3-2-5-21(25)28(31-14-4-6-24(31)26(33)34)22-15-19(17-30)10-13-23(22)32(27(28)35)39(36,37)20-11-8-18(16-29)9-12-20/h2-3,5,7-13,15,24H,4,6,14H2,1H3,(H,33,34)/t24-,28?/m0/s1. The van der Waals surface area contributed by atoms with E-state index in [-0.39, 0.29) is 51.6 Å². The van der Waals surface area contributed by atoms with Crippen molar-refractivity contribution in [3.05, 3.63) is 89.0 Å². The predicted molar refractivity (Wildman–Crippen MR) is 138 cm³/mol. The van der Waals surface area contributed by atoms with Crippen LogP contribution in [0.1, 0.15) is 35.1 Å². The third-order valence-corrected chi connectivity index (χ3v) is 8.93. The van der Waals surface area contributed by atoms with Gasteiger partial charge in [-0.3, -0.25) is 14.5 Å². The van der Waals surface area contributed by atoms with E-state index in [2.05, 4.69) is 0 Å². The highest BCUT2D eigenvalue weighted by Crippen LogP contribution is 2.54. The van der Waals surface area contributed by atoms with Gasteiger partial charge < -0.3 is 9.84 Å². The van der Waals surface area contributed by atoms with Crippen molar-refractivity contribution in [3.8, 4) is 17.9 Å². The number of ether oxygens (including phenoxy) is 1. The van der Waals surface area contributed by atoms with Gasteiger partial charge in [-0.25, -0.2) is 12.7 Å². The van der Waals surface area contributed by atoms with Crippen LogP contribution in [0.25, 0.3) is 0 Å². The maximum atomic E-state index is 14.8. The highest BCUT2D eigenvalue weighted by atomic mass is 32.2. The lowest BCUT2D eigenvalue weighted by Gasteiger charge is -2.40. The number of fused-ring (bicyclic) bond motifs is 1. The molecule has 11 heteroatoms. The number of sulfonamides is 1. The number of nitrogens with zero attached hydrogens (tertiary/aromatic N) is 4. The highest BCUT2D eigenvalue weighted by molar-refractivity contribution is 7.93. The SMILES string of the molecule is COc1ccccc1C1(N2CCC[C@H]2C(=O)O)C(=O)N(S(=O)(=O)c2ccc(C#N)cc2)c2ccc(C#N)cc21. The zero-order chi connectivity index (χ0) is 27.9. The molecular weight excluding hydrogens is 520 g/mol. The van der Waals surface area contributed by atoms with Crippen LogP contribution in [0.15, 0.2) is 71.6 Å². The normalized spacial score (nSPS) is 20.7. The number of anilines is 1. The van der Waals surface area contributed by atoms with Gasteiger partial charge in [-0.1, -0.05) is 18.2 Å². The molecule has 2 heterocycles. The second-order valence-electron chi connectivity index (χ2n) is 9.15. The molecule has 2 aliphatic rings. The number of methoxy groups -OCH3 is 1. The molecule has 39 heavy (non-hydrogen) atoms. The Hall–Kier alpha value is -4.71. The summed E-state index contributed by atoms with van der Waals surface area (Å²) in [6.07, 6.45) is 0.700. The van der Waals surface area contributed by atoms with Gasteiger partial charge in [0, 0.05) is 17.7 Å². The zero-order valence-electron chi connectivity index (χ0n) is 20.7. The Kier molecular flexibility index (Phi) is 6.35. The lowest BCUT2D eigenvalue weighted by atomic mass is 9.80. The average molecular weight is 543 g/mol. The van der Waals surface area contributed by atoms with Crippen LogP contribution in [0.3, 0.4) is 0 Å². The zero-order valence-corrected chi connectivity index (χ0v) is 21.6. The number of para-hydroxylation sites is 1. The summed E-state index contributed by atoms with van der Waals surface area (Å²) in [5, 5.41) is 29.0. The molecule has 2 atom stereocenters. The summed E-state index contributed by atoms with van der Waals surface area (Å²) in [4.78, 5) is 28.5. The van der Waals surface area contributed by atoms with Crippen molar-refractivity contribution in [2.45, 2.75) is 29.3 Å². The molecule has 3 aromatic rings. The van der Waals surface area contributed by atoms with Gasteiger partial charge in [0.2, 0.25) is 0 Å². The molecule has 1 amide bonds. The van der Waals surface area contributed by atoms with Gasteiger partial charge >= 0.3 is 5.97 Å². The number of rotatable bonds is 6. The van der Waals surface area contributed by atoms with E-state index >= 15 is 0 Å². The Balaban J connectivity index is 1.87. The van der Waals surface area contributed by atoms with Crippen molar-refractivity contribution in [1.82, 2.24) is 4.90 Å². The predicted octanol–water partition coefficient (Wildman–Crippen LogP) is 2.97. The van der Waals surface area contributed by atoms with Crippen molar-refractivity contribution in [2.24, 2.45) is 0 Å². The van der Waals surface area contributed by atoms with Gasteiger partial charge in [0.25, 0.3) is 15.9 Å². The van der Waals surface area contributed by atoms with Crippen LogP contribution < -0.4 is 9.04 Å². The molecule has 0 spiro atoms. The molecular formula is C28H22N4O6S. The Labute approximate surface area is 224 Å². The number of amides is 1. The van der Waals surface area contributed by atoms with Crippen molar-refractivity contribution >= 4 is 27.6 Å². The fraction of sp³-hybridized carbons (Fsp3) is 0.214.